The van der Waals surface area contributed by atoms with Crippen molar-refractivity contribution in [1.82, 2.24) is 10.0 Å². The number of hydrogen-bond donors (Lipinski definition) is 2. The van der Waals surface area contributed by atoms with E-state index in [0.717, 1.165) is 45.2 Å². The van der Waals surface area contributed by atoms with Crippen LogP contribution in [0.15, 0.2) is 0 Å². The third-order valence-corrected chi connectivity index (χ3v) is 4.29. The molecule has 0 fully saturated rings. The van der Waals surface area contributed by atoms with E-state index in [0.29, 0.717) is 0 Å². The molecule has 0 bridgehead atoms. The Hall–Kier alpha value is -0.130. The van der Waals surface area contributed by atoms with Crippen molar-refractivity contribution in [1.29, 1.82) is 0 Å². The van der Waals surface area contributed by atoms with Crippen molar-refractivity contribution in [2.24, 2.45) is 0 Å². The Balaban J connectivity index is 3.71. The van der Waals surface area contributed by atoms with Gasteiger partial charge in [0, 0.05) is 6.04 Å². The zero-order valence-electron chi connectivity index (χ0n) is 11.5. The van der Waals surface area contributed by atoms with Gasteiger partial charge in [0.1, 0.15) is 0 Å². The number of hydrogen-bond acceptors (Lipinski definition) is 3. The second-order valence-corrected chi connectivity index (χ2v) is 6.28. The van der Waals surface area contributed by atoms with Crippen LogP contribution in [0.3, 0.4) is 0 Å². The Kier molecular flexibility index (Phi) is 9.78. The van der Waals surface area contributed by atoms with Crippen LogP contribution in [0.25, 0.3) is 0 Å². The van der Waals surface area contributed by atoms with Crippen molar-refractivity contribution in [3.05, 3.63) is 0 Å². The summed E-state index contributed by atoms with van der Waals surface area (Å²) < 4.78 is 26.2. The Bertz CT molecular complexity index is 262. The molecule has 5 heteroatoms. The van der Waals surface area contributed by atoms with E-state index < -0.39 is 10.0 Å². The first-order chi connectivity index (χ1) is 8.05. The monoisotopic (exact) mass is 264 g/mol. The molecular weight excluding hydrogens is 236 g/mol. The first-order valence-corrected chi connectivity index (χ1v) is 8.41. The predicted octanol–water partition coefficient (Wildman–Crippen LogP) is 1.87. The summed E-state index contributed by atoms with van der Waals surface area (Å²) in [7, 11) is -3.08. The lowest BCUT2D eigenvalue weighted by Crippen LogP contribution is -2.35. The van der Waals surface area contributed by atoms with Gasteiger partial charge in [0.15, 0.2) is 0 Å². The maximum Gasteiger partial charge on any atom is 0.211 e. The summed E-state index contributed by atoms with van der Waals surface area (Å²) in [6.07, 6.45) is 4.48. The Morgan fingerprint density at radius 1 is 1.00 bits per heavy atom. The molecule has 0 aromatic rings. The molecule has 104 valence electrons. The van der Waals surface area contributed by atoms with Crippen LogP contribution in [0, 0.1) is 0 Å². The minimum absolute atomic E-state index is 0.0956. The fraction of sp³-hybridized carbons (Fsp3) is 1.00. The second kappa shape index (κ2) is 9.85. The molecule has 4 nitrogen and oxygen atoms in total. The highest BCUT2D eigenvalue weighted by Crippen LogP contribution is 2.01. The maximum atomic E-state index is 11.7. The zero-order chi connectivity index (χ0) is 13.1. The van der Waals surface area contributed by atoms with Crippen LogP contribution in [0.5, 0.6) is 0 Å². The molecule has 0 heterocycles. The number of rotatable bonds is 11. The lowest BCUT2D eigenvalue weighted by Gasteiger charge is -2.14. The van der Waals surface area contributed by atoms with Gasteiger partial charge in [-0.1, -0.05) is 20.8 Å². The highest BCUT2D eigenvalue weighted by Gasteiger charge is 2.14. The molecule has 0 rings (SSSR count). The number of sulfonamides is 1. The molecule has 0 spiro atoms. The molecule has 0 aromatic heterocycles. The third-order valence-electron chi connectivity index (χ3n) is 2.78. The van der Waals surface area contributed by atoms with Crippen LogP contribution >= 0.6 is 0 Å². The normalized spacial score (nSPS) is 12.2. The summed E-state index contributed by atoms with van der Waals surface area (Å²) in [6, 6.07) is 0.0956. The molecule has 2 N–H and O–H groups in total. The highest BCUT2D eigenvalue weighted by atomic mass is 32.2. The maximum absolute atomic E-state index is 11.7. The molecule has 0 atom stereocenters. The molecule has 0 radical (unpaired) electrons. The summed E-state index contributed by atoms with van der Waals surface area (Å²) in [5.74, 6) is 0.247. The van der Waals surface area contributed by atoms with Crippen LogP contribution in [-0.2, 0) is 10.0 Å². The van der Waals surface area contributed by atoms with E-state index in [2.05, 4.69) is 17.0 Å². The summed E-state index contributed by atoms with van der Waals surface area (Å²) >= 11 is 0. The van der Waals surface area contributed by atoms with E-state index in [1.165, 1.54) is 0 Å². The minimum Gasteiger partial charge on any atom is -0.317 e. The van der Waals surface area contributed by atoms with Crippen molar-refractivity contribution in [3.8, 4) is 0 Å². The lowest BCUT2D eigenvalue weighted by molar-refractivity contribution is 0.526. The summed E-state index contributed by atoms with van der Waals surface area (Å²) in [4.78, 5) is 0. The molecule has 0 aromatic carbocycles. The van der Waals surface area contributed by atoms with Crippen LogP contribution in [0.4, 0.5) is 0 Å². The summed E-state index contributed by atoms with van der Waals surface area (Å²) in [5.41, 5.74) is 0. The Morgan fingerprint density at radius 3 is 2.18 bits per heavy atom. The average Bonchev–Trinajstić information content (AvgIpc) is 2.30. The molecule has 0 saturated carbocycles. The van der Waals surface area contributed by atoms with Gasteiger partial charge in [-0.2, -0.15) is 0 Å². The minimum atomic E-state index is -3.08. The first-order valence-electron chi connectivity index (χ1n) is 6.76. The van der Waals surface area contributed by atoms with Crippen molar-refractivity contribution in [3.63, 3.8) is 0 Å². The van der Waals surface area contributed by atoms with Gasteiger partial charge >= 0.3 is 0 Å². The SMILES string of the molecule is CCCNCCCCS(=O)(=O)NC(CC)CC. The van der Waals surface area contributed by atoms with Crippen LogP contribution in [0.1, 0.15) is 52.9 Å². The topological polar surface area (TPSA) is 58.2 Å². The molecule has 0 aliphatic rings. The molecule has 17 heavy (non-hydrogen) atoms. The fourth-order valence-corrected chi connectivity index (χ4v) is 3.16. The van der Waals surface area contributed by atoms with Gasteiger partial charge in [-0.25, -0.2) is 13.1 Å². The molecule has 0 aliphatic carbocycles. The quantitative estimate of drug-likeness (QED) is 0.560. The Labute approximate surface area is 107 Å². The van der Waals surface area contributed by atoms with Crippen molar-refractivity contribution < 1.29 is 8.42 Å². The molecule has 0 unspecified atom stereocenters. The standard InChI is InChI=1S/C12H28N2O2S/c1-4-9-13-10-7-8-11-17(15,16)14-12(5-2)6-3/h12-14H,4-11H2,1-3H3. The average molecular weight is 264 g/mol. The largest absolute Gasteiger partial charge is 0.317 e. The van der Waals surface area contributed by atoms with Gasteiger partial charge in [0.2, 0.25) is 10.0 Å². The van der Waals surface area contributed by atoms with Gasteiger partial charge in [0.25, 0.3) is 0 Å². The zero-order valence-corrected chi connectivity index (χ0v) is 12.3. The van der Waals surface area contributed by atoms with Crippen LogP contribution in [-0.4, -0.2) is 33.3 Å². The van der Waals surface area contributed by atoms with Gasteiger partial charge in [-0.15, -0.1) is 0 Å². The van der Waals surface area contributed by atoms with E-state index >= 15 is 0 Å². The lowest BCUT2D eigenvalue weighted by atomic mass is 10.2. The predicted molar refractivity (Wildman–Crippen MR) is 73.7 cm³/mol. The van der Waals surface area contributed by atoms with E-state index in [-0.39, 0.29) is 11.8 Å². The van der Waals surface area contributed by atoms with Gasteiger partial charge in [-0.3, -0.25) is 0 Å². The van der Waals surface area contributed by atoms with Crippen molar-refractivity contribution >= 4 is 10.0 Å². The summed E-state index contributed by atoms with van der Waals surface area (Å²) in [6.45, 7) is 8.06. The van der Waals surface area contributed by atoms with Crippen molar-refractivity contribution in [2.45, 2.75) is 58.9 Å². The molecule has 0 amide bonds. The first kappa shape index (κ1) is 16.9. The second-order valence-electron chi connectivity index (χ2n) is 4.41. The van der Waals surface area contributed by atoms with Gasteiger partial charge < -0.3 is 5.32 Å². The van der Waals surface area contributed by atoms with E-state index in [1.54, 1.807) is 0 Å². The van der Waals surface area contributed by atoms with Crippen molar-refractivity contribution in [2.75, 3.05) is 18.8 Å². The number of nitrogens with one attached hydrogen (secondary N) is 2. The van der Waals surface area contributed by atoms with Gasteiger partial charge in [0.05, 0.1) is 5.75 Å². The molecule has 0 saturated heterocycles. The van der Waals surface area contributed by atoms with Crippen LogP contribution in [0.2, 0.25) is 0 Å². The van der Waals surface area contributed by atoms with Crippen LogP contribution < -0.4 is 10.0 Å². The van der Waals surface area contributed by atoms with E-state index in [1.807, 2.05) is 13.8 Å². The summed E-state index contributed by atoms with van der Waals surface area (Å²) in [5, 5.41) is 3.27. The van der Waals surface area contributed by atoms with E-state index in [9.17, 15) is 8.42 Å². The highest BCUT2D eigenvalue weighted by molar-refractivity contribution is 7.89. The molecule has 0 aliphatic heterocycles. The molecular formula is C12H28N2O2S. The van der Waals surface area contributed by atoms with E-state index in [4.69, 9.17) is 0 Å². The smallest absolute Gasteiger partial charge is 0.211 e. The third kappa shape index (κ3) is 9.56. The fourth-order valence-electron chi connectivity index (χ4n) is 1.61. The number of unbranched alkanes of at least 4 members (excludes halogenated alkanes) is 1. The van der Waals surface area contributed by atoms with Gasteiger partial charge in [-0.05, 0) is 45.2 Å². The Morgan fingerprint density at radius 2 is 1.65 bits per heavy atom.